The summed E-state index contributed by atoms with van der Waals surface area (Å²) in [6, 6.07) is 7.60. The molecule has 0 aliphatic heterocycles. The van der Waals surface area contributed by atoms with Gasteiger partial charge >= 0.3 is 0 Å². The van der Waals surface area contributed by atoms with Crippen molar-refractivity contribution in [2.45, 2.75) is 6.54 Å². The molecule has 3 aromatic rings. The normalized spacial score (nSPS) is 10.6. The number of benzene rings is 1. The number of nitrogens with one attached hydrogen (secondary N) is 1. The number of aromatic nitrogens is 1. The Morgan fingerprint density at radius 1 is 1.29 bits per heavy atom. The molecule has 1 N–H and O–H groups in total. The molecule has 2 aromatic heterocycles. The number of ether oxygens (including phenoxy) is 1. The molecule has 0 aliphatic rings. The van der Waals surface area contributed by atoms with Crippen molar-refractivity contribution < 1.29 is 4.74 Å². The minimum absolute atomic E-state index is 0.636. The van der Waals surface area contributed by atoms with Crippen molar-refractivity contribution in [3.8, 4) is 16.3 Å². The highest BCUT2D eigenvalue weighted by molar-refractivity contribution is 7.14. The number of rotatable bonds is 5. The summed E-state index contributed by atoms with van der Waals surface area (Å²) in [7, 11) is 1.64. The van der Waals surface area contributed by atoms with Gasteiger partial charge in [0.2, 0.25) is 0 Å². The Kier molecular flexibility index (Phi) is 4.43. The van der Waals surface area contributed by atoms with Gasteiger partial charge in [0.25, 0.3) is 0 Å². The van der Waals surface area contributed by atoms with Crippen LogP contribution in [-0.4, -0.2) is 12.1 Å². The Balaban J connectivity index is 1.72. The van der Waals surface area contributed by atoms with Crippen molar-refractivity contribution in [3.63, 3.8) is 0 Å². The van der Waals surface area contributed by atoms with Crippen molar-refractivity contribution in [2.24, 2.45) is 0 Å². The SMILES string of the molecule is COc1ccc(Cl)cc1NCc1csc(-c2ccsc2)n1. The van der Waals surface area contributed by atoms with E-state index in [0.717, 1.165) is 22.1 Å². The van der Waals surface area contributed by atoms with Crippen LogP contribution in [0.4, 0.5) is 5.69 Å². The van der Waals surface area contributed by atoms with E-state index in [1.165, 1.54) is 5.56 Å². The average molecular weight is 337 g/mol. The molecule has 1 aromatic carbocycles. The van der Waals surface area contributed by atoms with E-state index < -0.39 is 0 Å². The van der Waals surface area contributed by atoms with E-state index in [1.54, 1.807) is 29.8 Å². The molecule has 3 rings (SSSR count). The zero-order valence-electron chi connectivity index (χ0n) is 11.3. The van der Waals surface area contributed by atoms with E-state index in [0.29, 0.717) is 11.6 Å². The molecule has 6 heteroatoms. The van der Waals surface area contributed by atoms with Crippen molar-refractivity contribution in [2.75, 3.05) is 12.4 Å². The lowest BCUT2D eigenvalue weighted by atomic mass is 10.3. The maximum absolute atomic E-state index is 6.02. The van der Waals surface area contributed by atoms with Gasteiger partial charge in [0, 0.05) is 21.3 Å². The number of anilines is 1. The lowest BCUT2D eigenvalue weighted by molar-refractivity contribution is 0.416. The van der Waals surface area contributed by atoms with Gasteiger partial charge in [-0.25, -0.2) is 4.98 Å². The van der Waals surface area contributed by atoms with Gasteiger partial charge in [-0.1, -0.05) is 11.6 Å². The predicted octanol–water partition coefficient (Wildman–Crippen LogP) is 5.15. The second-order valence-corrected chi connectivity index (χ2v) is 6.43. The summed E-state index contributed by atoms with van der Waals surface area (Å²) < 4.78 is 5.32. The van der Waals surface area contributed by atoms with Gasteiger partial charge in [-0.2, -0.15) is 11.3 Å². The van der Waals surface area contributed by atoms with Gasteiger partial charge in [0.05, 0.1) is 25.0 Å². The maximum Gasteiger partial charge on any atom is 0.142 e. The van der Waals surface area contributed by atoms with Crippen LogP contribution in [0.15, 0.2) is 40.4 Å². The number of nitrogens with zero attached hydrogens (tertiary/aromatic N) is 1. The lowest BCUT2D eigenvalue weighted by Crippen LogP contribution is -2.01. The fourth-order valence-electron chi connectivity index (χ4n) is 1.91. The first-order valence-electron chi connectivity index (χ1n) is 6.30. The van der Waals surface area contributed by atoms with Gasteiger partial charge in [0.15, 0.2) is 0 Å². The zero-order chi connectivity index (χ0) is 14.7. The Labute approximate surface area is 136 Å². The lowest BCUT2D eigenvalue weighted by Gasteiger charge is -2.10. The van der Waals surface area contributed by atoms with Crippen LogP contribution in [0.25, 0.3) is 10.6 Å². The third-order valence-electron chi connectivity index (χ3n) is 2.94. The summed E-state index contributed by atoms with van der Waals surface area (Å²) in [6.07, 6.45) is 0. The van der Waals surface area contributed by atoms with Crippen LogP contribution in [0.5, 0.6) is 5.75 Å². The summed E-state index contributed by atoms with van der Waals surface area (Å²) in [5.74, 6) is 0.771. The Morgan fingerprint density at radius 3 is 2.95 bits per heavy atom. The topological polar surface area (TPSA) is 34.1 Å². The molecule has 0 atom stereocenters. The van der Waals surface area contributed by atoms with Crippen LogP contribution in [0, 0.1) is 0 Å². The standard InChI is InChI=1S/C15H13ClN2OS2/c1-19-14-3-2-11(16)6-13(14)17-7-12-9-21-15(18-12)10-4-5-20-8-10/h2-6,8-9,17H,7H2,1H3. The van der Waals surface area contributed by atoms with E-state index in [9.17, 15) is 0 Å². The zero-order valence-corrected chi connectivity index (χ0v) is 13.7. The quantitative estimate of drug-likeness (QED) is 0.700. The van der Waals surface area contributed by atoms with Gasteiger partial charge in [-0.15, -0.1) is 11.3 Å². The Morgan fingerprint density at radius 2 is 2.19 bits per heavy atom. The summed E-state index contributed by atoms with van der Waals surface area (Å²) in [5.41, 5.74) is 3.05. The van der Waals surface area contributed by atoms with Gasteiger partial charge in [-0.3, -0.25) is 0 Å². The summed E-state index contributed by atoms with van der Waals surface area (Å²) in [5, 5.41) is 11.3. The molecule has 0 bridgehead atoms. The van der Waals surface area contributed by atoms with Gasteiger partial charge in [-0.05, 0) is 29.6 Å². The first-order valence-corrected chi connectivity index (χ1v) is 8.50. The summed E-state index contributed by atoms with van der Waals surface area (Å²) in [4.78, 5) is 4.63. The molecule has 0 amide bonds. The maximum atomic E-state index is 6.02. The van der Waals surface area contributed by atoms with Gasteiger partial charge < -0.3 is 10.1 Å². The molecule has 108 valence electrons. The monoisotopic (exact) mass is 336 g/mol. The second kappa shape index (κ2) is 6.47. The smallest absolute Gasteiger partial charge is 0.142 e. The summed E-state index contributed by atoms with van der Waals surface area (Å²) >= 11 is 9.35. The van der Waals surface area contributed by atoms with Crippen LogP contribution in [0.1, 0.15) is 5.69 Å². The highest BCUT2D eigenvalue weighted by atomic mass is 35.5. The molecule has 3 nitrogen and oxygen atoms in total. The molecular formula is C15H13ClN2OS2. The van der Waals surface area contributed by atoms with Crippen molar-refractivity contribution in [3.05, 3.63) is 51.1 Å². The van der Waals surface area contributed by atoms with Crippen molar-refractivity contribution in [1.82, 2.24) is 4.98 Å². The highest BCUT2D eigenvalue weighted by Crippen LogP contribution is 2.29. The minimum atomic E-state index is 0.636. The average Bonchev–Trinajstić information content (AvgIpc) is 3.16. The second-order valence-electron chi connectivity index (χ2n) is 4.35. The third kappa shape index (κ3) is 3.37. The van der Waals surface area contributed by atoms with E-state index in [1.807, 2.05) is 18.2 Å². The van der Waals surface area contributed by atoms with Crippen LogP contribution in [0.3, 0.4) is 0 Å². The molecule has 0 saturated carbocycles. The first kappa shape index (κ1) is 14.4. The van der Waals surface area contributed by atoms with Crippen LogP contribution >= 0.6 is 34.3 Å². The number of hydrogen-bond donors (Lipinski definition) is 1. The molecule has 0 aliphatic carbocycles. The largest absolute Gasteiger partial charge is 0.495 e. The van der Waals surface area contributed by atoms with Crippen LogP contribution in [0.2, 0.25) is 5.02 Å². The molecule has 0 radical (unpaired) electrons. The molecule has 0 spiro atoms. The van der Waals surface area contributed by atoms with E-state index in [2.05, 4.69) is 32.5 Å². The number of hydrogen-bond acceptors (Lipinski definition) is 5. The number of methoxy groups -OCH3 is 1. The van der Waals surface area contributed by atoms with Crippen LogP contribution in [-0.2, 0) is 6.54 Å². The van der Waals surface area contributed by atoms with Crippen LogP contribution < -0.4 is 10.1 Å². The number of thiophene rings is 1. The molecule has 21 heavy (non-hydrogen) atoms. The molecular weight excluding hydrogens is 324 g/mol. The molecule has 2 heterocycles. The minimum Gasteiger partial charge on any atom is -0.495 e. The Bertz CT molecular complexity index is 725. The first-order chi connectivity index (χ1) is 10.3. The summed E-state index contributed by atoms with van der Waals surface area (Å²) in [6.45, 7) is 0.636. The Hall–Kier alpha value is -1.56. The fraction of sp³-hybridized carbons (Fsp3) is 0.133. The third-order valence-corrected chi connectivity index (χ3v) is 4.80. The number of thiazole rings is 1. The highest BCUT2D eigenvalue weighted by Gasteiger charge is 2.07. The number of halogens is 1. The molecule has 0 fully saturated rings. The van der Waals surface area contributed by atoms with E-state index in [-0.39, 0.29) is 0 Å². The van der Waals surface area contributed by atoms with E-state index in [4.69, 9.17) is 16.3 Å². The fourth-order valence-corrected chi connectivity index (χ4v) is 3.62. The molecule has 0 unspecified atom stereocenters. The van der Waals surface area contributed by atoms with Crippen molar-refractivity contribution >= 4 is 40.0 Å². The van der Waals surface area contributed by atoms with E-state index >= 15 is 0 Å². The van der Waals surface area contributed by atoms with Gasteiger partial charge in [0.1, 0.15) is 10.8 Å². The van der Waals surface area contributed by atoms with Crippen molar-refractivity contribution in [1.29, 1.82) is 0 Å². The molecule has 0 saturated heterocycles. The predicted molar refractivity (Wildman–Crippen MR) is 90.8 cm³/mol.